The van der Waals surface area contributed by atoms with Crippen LogP contribution in [-0.2, 0) is 37.1 Å². The van der Waals surface area contributed by atoms with Crippen molar-refractivity contribution in [3.63, 3.8) is 0 Å². The van der Waals surface area contributed by atoms with Crippen molar-refractivity contribution >= 4 is 27.6 Å². The maximum absolute atomic E-state index is 11.9. The number of hydrogen-bond donors (Lipinski definition) is 13. The molecule has 3 rings (SSSR count). The van der Waals surface area contributed by atoms with E-state index in [2.05, 4.69) is 14.5 Å². The van der Waals surface area contributed by atoms with E-state index < -0.39 is 132 Å². The van der Waals surface area contributed by atoms with Crippen molar-refractivity contribution in [2.24, 2.45) is 22.9 Å². The number of aliphatic hydroxyl groups is 6. The summed E-state index contributed by atoms with van der Waals surface area (Å²) in [6, 6.07) is -4.68. The first kappa shape index (κ1) is 40.7. The number of hydrogen-bond acceptors (Lipinski definition) is 18. The first-order valence-electron chi connectivity index (χ1n) is 14.2. The molecule has 25 nitrogen and oxygen atoms in total. The molecule has 1 saturated carbocycles. The molecular formula is C21H42N7O18P2-. The number of phosphoric ester groups is 2. The molecule has 48 heavy (non-hydrogen) atoms. The smallest absolute Gasteiger partial charge is 0.339 e. The predicted molar refractivity (Wildman–Crippen MR) is 143 cm³/mol. The number of guanidine groups is 2. The van der Waals surface area contributed by atoms with Gasteiger partial charge in [0.2, 0.25) is 6.29 Å². The highest BCUT2D eigenvalue weighted by Crippen LogP contribution is 2.46. The largest absolute Gasteiger partial charge is 0.790 e. The van der Waals surface area contributed by atoms with E-state index in [1.165, 1.54) is 12.4 Å². The molecule has 0 aromatic rings. The molecule has 0 aromatic heterocycles. The molecular weight excluding hydrogens is 700 g/mol. The van der Waals surface area contributed by atoms with Gasteiger partial charge in [-0.25, -0.2) is 0 Å². The lowest BCUT2D eigenvalue weighted by atomic mass is 9.81. The normalized spacial score (nSPS) is 42.3. The number of quaternary nitrogens is 1. The summed E-state index contributed by atoms with van der Waals surface area (Å²) in [5.74, 6) is -1.22. The van der Waals surface area contributed by atoms with Crippen molar-refractivity contribution in [1.29, 1.82) is 0 Å². The highest BCUT2D eigenvalue weighted by molar-refractivity contribution is 7.43. The summed E-state index contributed by atoms with van der Waals surface area (Å²) >= 11 is 0. The predicted octanol–water partition coefficient (Wildman–Crippen LogP) is -15.5. The number of nitrogens with two attached hydrogens (primary N) is 5. The average molecular weight is 743 g/mol. The van der Waals surface area contributed by atoms with E-state index in [0.717, 1.165) is 6.92 Å². The van der Waals surface area contributed by atoms with Crippen LogP contribution in [0.15, 0.2) is 0 Å². The monoisotopic (exact) mass is 742 g/mol. The van der Waals surface area contributed by atoms with Crippen molar-refractivity contribution in [3.8, 4) is 0 Å². The Morgan fingerprint density at radius 1 is 0.833 bits per heavy atom. The maximum Gasteiger partial charge on any atom is 0.339 e. The topological polar surface area (TPSA) is 452 Å². The summed E-state index contributed by atoms with van der Waals surface area (Å²) in [5.41, 5.74) is 19.4. The molecule has 0 amide bonds. The molecule has 3 aliphatic rings. The van der Waals surface area contributed by atoms with Crippen molar-refractivity contribution in [3.05, 3.63) is 0 Å². The van der Waals surface area contributed by atoms with E-state index in [0.29, 0.717) is 0 Å². The van der Waals surface area contributed by atoms with Gasteiger partial charge in [0.15, 0.2) is 17.9 Å². The molecule has 280 valence electrons. The minimum atomic E-state index is -6.01. The van der Waals surface area contributed by atoms with Gasteiger partial charge in [-0.05, 0) is 6.92 Å². The van der Waals surface area contributed by atoms with Crippen LogP contribution in [0.5, 0.6) is 0 Å². The third-order valence-corrected chi connectivity index (χ3v) is 9.27. The fourth-order valence-corrected chi connectivity index (χ4v) is 7.26. The Morgan fingerprint density at radius 2 is 1.40 bits per heavy atom. The third-order valence-electron chi connectivity index (χ3n) is 8.20. The summed E-state index contributed by atoms with van der Waals surface area (Å²) in [6.07, 6.45) is -20.7. The molecule has 3 fully saturated rings. The Hall–Kier alpha value is -1.68. The van der Waals surface area contributed by atoms with Crippen LogP contribution in [0.25, 0.3) is 0 Å². The fourth-order valence-electron chi connectivity index (χ4n) is 5.98. The second-order valence-corrected chi connectivity index (χ2v) is 13.5. The number of aliphatic hydroxyl groups excluding tert-OH is 6. The van der Waals surface area contributed by atoms with Gasteiger partial charge in [0, 0.05) is 0 Å². The minimum absolute atomic E-state index is 0.597. The molecule has 0 radical (unpaired) electrons. The number of ether oxygens (including phenoxy) is 4. The summed E-state index contributed by atoms with van der Waals surface area (Å²) < 4.78 is 55.9. The molecule has 2 saturated heterocycles. The van der Waals surface area contributed by atoms with E-state index in [1.54, 1.807) is 0 Å². The Bertz CT molecular complexity index is 1250. The van der Waals surface area contributed by atoms with E-state index in [4.69, 9.17) is 46.4 Å². The molecule has 0 spiro atoms. The molecule has 2 aliphatic heterocycles. The van der Waals surface area contributed by atoms with Gasteiger partial charge in [-0.2, -0.15) is 0 Å². The zero-order valence-corrected chi connectivity index (χ0v) is 27.1. The SMILES string of the molecule is C[NH2+][C@@H]1[C@H](O[C@H]2C(O[C@H]3[C@H](O)[C@@H](OP(=O)([O-])[O-])[C@H]([NH+]=C(N)N)[C@@H](O)[C@@H]3[NH+]=C(N)N)O[C@@H](C)[C@@]2(CO)OP(=O)([O-])[O-])O[C@@H](CO)[C@H](O)[C@H]1O. The second-order valence-electron chi connectivity index (χ2n) is 11.3. The number of likely N-dealkylation sites (N-methyl/N-ethyl adjacent to an activating group) is 1. The molecule has 0 bridgehead atoms. The van der Waals surface area contributed by atoms with E-state index >= 15 is 0 Å². The first-order chi connectivity index (χ1) is 22.1. The van der Waals surface area contributed by atoms with E-state index in [1.807, 2.05) is 0 Å². The van der Waals surface area contributed by atoms with Crippen molar-refractivity contribution < 1.29 is 103 Å². The number of nitrogens with one attached hydrogen (secondary N) is 2. The highest BCUT2D eigenvalue weighted by atomic mass is 31.2. The van der Waals surface area contributed by atoms with Gasteiger partial charge in [-0.1, -0.05) is 0 Å². The van der Waals surface area contributed by atoms with Gasteiger partial charge >= 0.3 is 11.9 Å². The summed E-state index contributed by atoms with van der Waals surface area (Å²) in [5, 5.41) is 65.0. The van der Waals surface area contributed by atoms with Gasteiger partial charge in [-0.15, -0.1) is 0 Å². The third kappa shape index (κ3) is 8.96. The maximum atomic E-state index is 11.9. The Balaban J connectivity index is 2.15. The Kier molecular flexibility index (Phi) is 13.3. The molecule has 27 heteroatoms. The number of rotatable bonds is 13. The lowest BCUT2D eigenvalue weighted by Gasteiger charge is -2.48. The van der Waals surface area contributed by atoms with Crippen LogP contribution >= 0.6 is 15.6 Å². The van der Waals surface area contributed by atoms with Gasteiger partial charge in [0.25, 0.3) is 0 Å². The standard InChI is InChI=1S/C21H43N7O18P2/c1-5-21(4-30,46-48(38,39)40)16(44-17-9(26-2)12(33)10(31)6(3-29)42-17)18(41-5)43-14-7(27-19(22)23)11(32)8(28-20(24)25)15(13(14)34)45-47(35,36)37/h5-18,26,29-34H,3-4H2,1-2H3,(H4,22,23,27)(H4,24,25,28)(H2,35,36,37)(H2,38,39,40)/p-1/t5-,6-,7-,8+,9-,10-,11-,12-,13-,14+,15-,16-,17-,18?,21+/m0/s1. The van der Waals surface area contributed by atoms with Gasteiger partial charge < -0.3 is 92.7 Å². The van der Waals surface area contributed by atoms with Crippen LogP contribution in [0.4, 0.5) is 0 Å². The molecule has 0 aromatic carbocycles. The van der Waals surface area contributed by atoms with Crippen LogP contribution in [0, 0.1) is 0 Å². The average Bonchev–Trinajstić information content (AvgIpc) is 3.20. The van der Waals surface area contributed by atoms with Crippen LogP contribution in [0.3, 0.4) is 0 Å². The van der Waals surface area contributed by atoms with Crippen LogP contribution in [0.2, 0.25) is 0 Å². The lowest BCUT2D eigenvalue weighted by molar-refractivity contribution is -0.696. The molecule has 15 atom stereocenters. The summed E-state index contributed by atoms with van der Waals surface area (Å²) in [6.45, 7) is -1.05. The van der Waals surface area contributed by atoms with E-state index in [9.17, 15) is 59.3 Å². The minimum Gasteiger partial charge on any atom is -0.790 e. The molecule has 1 aliphatic carbocycles. The second kappa shape index (κ2) is 15.7. The van der Waals surface area contributed by atoms with Crippen molar-refractivity contribution in [2.75, 3.05) is 20.3 Å². The summed E-state index contributed by atoms with van der Waals surface area (Å²) in [4.78, 5) is 51.7. The lowest BCUT2D eigenvalue weighted by Crippen LogP contribution is -3.00. The quantitative estimate of drug-likeness (QED) is 0.0473. The van der Waals surface area contributed by atoms with Gasteiger partial charge in [-0.3, -0.25) is 32.9 Å². The zero-order chi connectivity index (χ0) is 36.5. The highest BCUT2D eigenvalue weighted by Gasteiger charge is 2.63. The molecule has 2 heterocycles. The van der Waals surface area contributed by atoms with Gasteiger partial charge in [0.1, 0.15) is 60.9 Å². The molecule has 18 N–H and O–H groups in total. The Morgan fingerprint density at radius 3 is 1.85 bits per heavy atom. The number of phosphoric acid groups is 2. The van der Waals surface area contributed by atoms with Gasteiger partial charge in [0.05, 0.1) is 42.0 Å². The Labute approximate surface area is 271 Å². The fraction of sp³-hybridized carbons (Fsp3) is 0.905. The van der Waals surface area contributed by atoms with Crippen LogP contribution in [-0.4, -0.2) is 154 Å². The van der Waals surface area contributed by atoms with Crippen molar-refractivity contribution in [1.82, 2.24) is 0 Å². The van der Waals surface area contributed by atoms with Crippen molar-refractivity contribution in [2.45, 2.75) is 98.2 Å². The summed E-state index contributed by atoms with van der Waals surface area (Å²) in [7, 11) is -10.5. The zero-order valence-electron chi connectivity index (χ0n) is 25.4. The van der Waals surface area contributed by atoms with Crippen LogP contribution < -0.4 is 57.8 Å². The van der Waals surface area contributed by atoms with Crippen LogP contribution in [0.1, 0.15) is 6.92 Å². The van der Waals surface area contributed by atoms with E-state index in [-0.39, 0.29) is 0 Å². The molecule has 1 unspecified atom stereocenters. The first-order valence-corrected chi connectivity index (χ1v) is 17.1.